The van der Waals surface area contributed by atoms with E-state index in [1.54, 1.807) is 0 Å². The Morgan fingerprint density at radius 2 is 2.07 bits per heavy atom. The van der Waals surface area contributed by atoms with Gasteiger partial charge in [-0.15, -0.1) is 5.10 Å². The van der Waals surface area contributed by atoms with Crippen LogP contribution in [0.25, 0.3) is 0 Å². The van der Waals surface area contributed by atoms with E-state index < -0.39 is 0 Å². The highest BCUT2D eigenvalue weighted by Gasteiger charge is 1.96. The van der Waals surface area contributed by atoms with Crippen LogP contribution >= 0.6 is 23.1 Å². The third-order valence-electron chi connectivity index (χ3n) is 1.72. The van der Waals surface area contributed by atoms with Crippen LogP contribution in [0.15, 0.2) is 29.6 Å². The third kappa shape index (κ3) is 2.43. The molecule has 0 saturated carbocycles. The number of hydrogen-bond donors (Lipinski definition) is 1. The zero-order valence-electron chi connectivity index (χ0n) is 7.27. The maximum atomic E-state index is 5.76. The number of halogens is 1. The summed E-state index contributed by atoms with van der Waals surface area (Å²) in [6.45, 7) is 0.693. The molecule has 2 rings (SSSR count). The molecule has 1 N–H and O–H groups in total. The van der Waals surface area contributed by atoms with Gasteiger partial charge in [0.25, 0.3) is 0 Å². The molecule has 1 aromatic carbocycles. The molecule has 0 spiro atoms. The summed E-state index contributed by atoms with van der Waals surface area (Å²) in [4.78, 5) is 0. The summed E-state index contributed by atoms with van der Waals surface area (Å²) in [6.07, 6.45) is 0. The number of hydrogen-bond acceptors (Lipinski definition) is 4. The van der Waals surface area contributed by atoms with Crippen LogP contribution in [0.4, 0.5) is 5.69 Å². The molecule has 1 aromatic heterocycles. The van der Waals surface area contributed by atoms with Crippen LogP contribution in [0.2, 0.25) is 5.02 Å². The van der Waals surface area contributed by atoms with Gasteiger partial charge < -0.3 is 5.32 Å². The fourth-order valence-electron chi connectivity index (χ4n) is 1.02. The molecule has 2 aromatic rings. The van der Waals surface area contributed by atoms with Crippen molar-refractivity contribution in [2.24, 2.45) is 0 Å². The number of nitrogens with one attached hydrogen (secondary N) is 1. The number of nitrogens with zero attached hydrogens (tertiary/aromatic N) is 2. The van der Waals surface area contributed by atoms with E-state index in [0.29, 0.717) is 6.54 Å². The summed E-state index contributed by atoms with van der Waals surface area (Å²) in [6, 6.07) is 7.57. The predicted molar refractivity (Wildman–Crippen MR) is 58.7 cm³/mol. The maximum absolute atomic E-state index is 5.76. The molecule has 14 heavy (non-hydrogen) atoms. The normalized spacial score (nSPS) is 10.1. The van der Waals surface area contributed by atoms with Gasteiger partial charge in [0.05, 0.1) is 12.2 Å². The van der Waals surface area contributed by atoms with Crippen molar-refractivity contribution < 1.29 is 0 Å². The molecule has 5 heteroatoms. The van der Waals surface area contributed by atoms with Crippen LogP contribution < -0.4 is 5.32 Å². The molecule has 0 saturated heterocycles. The minimum absolute atomic E-state index is 0.693. The Balaban J connectivity index is 1.95. The number of rotatable bonds is 3. The van der Waals surface area contributed by atoms with E-state index in [0.717, 1.165) is 16.4 Å². The van der Waals surface area contributed by atoms with Gasteiger partial charge in [0, 0.05) is 16.1 Å². The number of aromatic nitrogens is 2. The quantitative estimate of drug-likeness (QED) is 0.873. The van der Waals surface area contributed by atoms with Crippen LogP contribution in [0.3, 0.4) is 0 Å². The highest BCUT2D eigenvalue weighted by molar-refractivity contribution is 7.03. The van der Waals surface area contributed by atoms with E-state index in [4.69, 9.17) is 11.6 Å². The summed E-state index contributed by atoms with van der Waals surface area (Å²) < 4.78 is 3.78. The van der Waals surface area contributed by atoms with Crippen molar-refractivity contribution in [2.75, 3.05) is 5.32 Å². The van der Waals surface area contributed by atoms with E-state index in [1.807, 2.05) is 29.6 Å². The summed E-state index contributed by atoms with van der Waals surface area (Å²) >= 11 is 7.12. The van der Waals surface area contributed by atoms with Gasteiger partial charge >= 0.3 is 0 Å². The first-order valence-electron chi connectivity index (χ1n) is 4.10. The summed E-state index contributed by atoms with van der Waals surface area (Å²) in [7, 11) is 0. The molecule has 72 valence electrons. The van der Waals surface area contributed by atoms with Crippen LogP contribution in [-0.4, -0.2) is 9.59 Å². The van der Waals surface area contributed by atoms with Gasteiger partial charge in [-0.3, -0.25) is 0 Å². The number of benzene rings is 1. The summed E-state index contributed by atoms with van der Waals surface area (Å²) in [5, 5.41) is 9.81. The molecule has 0 atom stereocenters. The van der Waals surface area contributed by atoms with E-state index in [2.05, 4.69) is 14.9 Å². The van der Waals surface area contributed by atoms with Crippen molar-refractivity contribution in [1.82, 2.24) is 9.59 Å². The van der Waals surface area contributed by atoms with Gasteiger partial charge in [-0.2, -0.15) is 0 Å². The lowest BCUT2D eigenvalue weighted by molar-refractivity contribution is 0.999. The van der Waals surface area contributed by atoms with Gasteiger partial charge in [0.1, 0.15) is 0 Å². The van der Waals surface area contributed by atoms with Crippen molar-refractivity contribution in [3.8, 4) is 0 Å². The first kappa shape index (κ1) is 9.43. The maximum Gasteiger partial charge on any atom is 0.0946 e. The first-order valence-corrected chi connectivity index (χ1v) is 5.31. The molecule has 0 aliphatic rings. The van der Waals surface area contributed by atoms with Gasteiger partial charge in [0.2, 0.25) is 0 Å². The zero-order valence-corrected chi connectivity index (χ0v) is 8.85. The van der Waals surface area contributed by atoms with Crippen molar-refractivity contribution in [1.29, 1.82) is 0 Å². The fraction of sp³-hybridized carbons (Fsp3) is 0.111. The molecule has 0 amide bonds. The molecule has 0 aliphatic heterocycles. The Kier molecular flexibility index (Phi) is 2.96. The minimum Gasteiger partial charge on any atom is -0.379 e. The fourth-order valence-corrected chi connectivity index (χ4v) is 1.60. The molecule has 0 fully saturated rings. The molecule has 0 unspecified atom stereocenters. The second kappa shape index (κ2) is 4.39. The van der Waals surface area contributed by atoms with E-state index >= 15 is 0 Å². The standard InChI is InChI=1S/C9H8ClN3S/c10-7-1-3-8(4-2-7)11-5-9-6-14-13-12-9/h1-4,6,11H,5H2. The second-order valence-corrected chi connectivity index (χ2v) is 3.80. The molecular formula is C9H8ClN3S. The van der Waals surface area contributed by atoms with Crippen LogP contribution in [0, 0.1) is 0 Å². The topological polar surface area (TPSA) is 37.8 Å². The zero-order chi connectivity index (χ0) is 9.80. The molecular weight excluding hydrogens is 218 g/mol. The number of anilines is 1. The average Bonchev–Trinajstić information content (AvgIpc) is 2.70. The molecule has 1 heterocycles. The molecule has 3 nitrogen and oxygen atoms in total. The van der Waals surface area contributed by atoms with Crippen LogP contribution in [0.1, 0.15) is 5.69 Å². The van der Waals surface area contributed by atoms with E-state index in [1.165, 1.54) is 11.5 Å². The largest absolute Gasteiger partial charge is 0.379 e. The molecule has 0 radical (unpaired) electrons. The third-order valence-corrected chi connectivity index (χ3v) is 2.53. The van der Waals surface area contributed by atoms with Crippen LogP contribution in [0.5, 0.6) is 0 Å². The Labute approximate surface area is 90.9 Å². The molecule has 0 bridgehead atoms. The average molecular weight is 226 g/mol. The van der Waals surface area contributed by atoms with Gasteiger partial charge in [-0.05, 0) is 35.8 Å². The Morgan fingerprint density at radius 3 is 2.71 bits per heavy atom. The van der Waals surface area contributed by atoms with Crippen molar-refractivity contribution >= 4 is 28.8 Å². The van der Waals surface area contributed by atoms with Gasteiger partial charge in [-0.1, -0.05) is 16.1 Å². The highest BCUT2D eigenvalue weighted by atomic mass is 35.5. The summed E-state index contributed by atoms with van der Waals surface area (Å²) in [5.74, 6) is 0. The van der Waals surface area contributed by atoms with Gasteiger partial charge in [-0.25, -0.2) is 0 Å². The lowest BCUT2D eigenvalue weighted by atomic mass is 10.3. The van der Waals surface area contributed by atoms with Crippen molar-refractivity contribution in [2.45, 2.75) is 6.54 Å². The lowest BCUT2D eigenvalue weighted by Gasteiger charge is -2.03. The summed E-state index contributed by atoms with van der Waals surface area (Å²) in [5.41, 5.74) is 1.98. The highest BCUT2D eigenvalue weighted by Crippen LogP contribution is 2.14. The van der Waals surface area contributed by atoms with E-state index in [9.17, 15) is 0 Å². The Morgan fingerprint density at radius 1 is 1.29 bits per heavy atom. The lowest BCUT2D eigenvalue weighted by Crippen LogP contribution is -1.99. The first-order chi connectivity index (χ1) is 6.84. The van der Waals surface area contributed by atoms with E-state index in [-0.39, 0.29) is 0 Å². The Hall–Kier alpha value is -1.13. The van der Waals surface area contributed by atoms with Gasteiger partial charge in [0.15, 0.2) is 0 Å². The SMILES string of the molecule is Clc1ccc(NCc2csnn2)cc1. The smallest absolute Gasteiger partial charge is 0.0946 e. The van der Waals surface area contributed by atoms with Crippen molar-refractivity contribution in [3.05, 3.63) is 40.4 Å². The Bertz CT molecular complexity index is 385. The minimum atomic E-state index is 0.693. The monoisotopic (exact) mass is 225 g/mol. The molecule has 0 aliphatic carbocycles. The van der Waals surface area contributed by atoms with Crippen LogP contribution in [-0.2, 0) is 6.54 Å². The second-order valence-electron chi connectivity index (χ2n) is 2.76. The van der Waals surface area contributed by atoms with Crippen molar-refractivity contribution in [3.63, 3.8) is 0 Å². The predicted octanol–water partition coefficient (Wildman–Crippen LogP) is 2.80.